The molecule has 0 unspecified atom stereocenters. The molecule has 1 saturated carbocycles. The number of piperidine rings is 1. The Hall–Kier alpha value is -1.66. The van der Waals surface area contributed by atoms with Gasteiger partial charge in [-0.1, -0.05) is 62.4 Å². The van der Waals surface area contributed by atoms with Crippen molar-refractivity contribution in [2.75, 3.05) is 40.4 Å². The number of amides is 2. The lowest BCUT2D eigenvalue weighted by Crippen LogP contribution is -2.53. The Morgan fingerprint density at radius 2 is 1.91 bits per heavy atom. The number of urea groups is 1. The third kappa shape index (κ3) is 7.67. The van der Waals surface area contributed by atoms with Crippen molar-refractivity contribution in [3.63, 3.8) is 0 Å². The Balaban J connectivity index is 1.64. The van der Waals surface area contributed by atoms with E-state index in [0.717, 1.165) is 44.2 Å². The van der Waals surface area contributed by atoms with Gasteiger partial charge in [-0.2, -0.15) is 0 Å². The van der Waals surface area contributed by atoms with Gasteiger partial charge < -0.3 is 20.3 Å². The number of ether oxygens (including phenoxy) is 1. The molecule has 0 aromatic heterocycles. The monoisotopic (exact) mass is 475 g/mol. The van der Waals surface area contributed by atoms with Gasteiger partial charge in [0, 0.05) is 45.3 Å². The molecular weight excluding hydrogens is 429 g/mol. The molecule has 0 radical (unpaired) electrons. The number of halogens is 1. The number of alkyl halides is 1. The zero-order valence-corrected chi connectivity index (χ0v) is 21.4. The summed E-state index contributed by atoms with van der Waals surface area (Å²) in [6.07, 6.45) is 11.3. The first-order valence-corrected chi connectivity index (χ1v) is 13.5. The number of nitrogens with one attached hydrogen (secondary N) is 2. The minimum atomic E-state index is -1.43. The van der Waals surface area contributed by atoms with Crippen LogP contribution in [0.15, 0.2) is 30.3 Å². The first kappa shape index (κ1) is 26.9. The summed E-state index contributed by atoms with van der Waals surface area (Å²) in [5.41, 5.74) is -0.689. The van der Waals surface area contributed by atoms with Gasteiger partial charge in [0.2, 0.25) is 0 Å². The highest BCUT2D eigenvalue weighted by Crippen LogP contribution is 2.43. The second-order valence-corrected chi connectivity index (χ2v) is 10.4. The normalized spacial score (nSPS) is 22.2. The van der Waals surface area contributed by atoms with Crippen LogP contribution in [-0.2, 0) is 10.4 Å². The lowest BCUT2D eigenvalue weighted by Gasteiger charge is -2.41. The third-order valence-corrected chi connectivity index (χ3v) is 7.87. The van der Waals surface area contributed by atoms with Crippen molar-refractivity contribution >= 4 is 6.03 Å². The molecule has 1 aromatic rings. The fraction of sp³-hybridized carbons (Fsp3) is 0.750. The van der Waals surface area contributed by atoms with Crippen molar-refractivity contribution in [2.24, 2.45) is 11.8 Å². The van der Waals surface area contributed by atoms with E-state index in [0.29, 0.717) is 32.0 Å². The number of unbranched alkanes of at least 4 members (excludes halogenated alkanes) is 1. The maximum absolute atomic E-state index is 16.8. The molecule has 1 aliphatic carbocycles. The fourth-order valence-electron chi connectivity index (χ4n) is 5.99. The van der Waals surface area contributed by atoms with Crippen LogP contribution in [0.2, 0.25) is 0 Å². The molecule has 0 spiro atoms. The van der Waals surface area contributed by atoms with Crippen molar-refractivity contribution in [3.05, 3.63) is 35.9 Å². The molecule has 2 amide bonds. The molecule has 1 heterocycles. The van der Waals surface area contributed by atoms with Gasteiger partial charge in [0.25, 0.3) is 0 Å². The maximum Gasteiger partial charge on any atom is 0.317 e. The van der Waals surface area contributed by atoms with Crippen LogP contribution in [0.4, 0.5) is 9.18 Å². The molecule has 1 aromatic carbocycles. The van der Waals surface area contributed by atoms with E-state index in [9.17, 15) is 4.79 Å². The summed E-state index contributed by atoms with van der Waals surface area (Å²) in [7, 11) is 3.63. The molecule has 1 saturated heterocycles. The van der Waals surface area contributed by atoms with Gasteiger partial charge in [-0.05, 0) is 57.1 Å². The molecule has 0 bridgehead atoms. The number of carbonyl (C=O) groups excluding carboxylic acids is 1. The van der Waals surface area contributed by atoms with Gasteiger partial charge in [-0.3, -0.25) is 0 Å². The lowest BCUT2D eigenvalue weighted by atomic mass is 9.75. The number of rotatable bonds is 12. The minimum absolute atomic E-state index is 0.0319. The fourth-order valence-corrected chi connectivity index (χ4v) is 5.99. The van der Waals surface area contributed by atoms with Crippen molar-refractivity contribution < 1.29 is 13.9 Å². The number of hydrogen-bond donors (Lipinski definition) is 2. The molecule has 2 N–H and O–H groups in total. The highest BCUT2D eigenvalue weighted by atomic mass is 19.1. The van der Waals surface area contributed by atoms with Crippen LogP contribution in [0.1, 0.15) is 76.2 Å². The molecule has 34 heavy (non-hydrogen) atoms. The number of carbonyl (C=O) groups is 1. The van der Waals surface area contributed by atoms with E-state index in [4.69, 9.17) is 4.74 Å². The molecule has 3 rings (SSSR count). The number of likely N-dealkylation sites (tertiary alicyclic amines) is 1. The standard InChI is InChI=1S/C28H46FN3O2/c1-30-21-26(20-23-12-5-3-6-13-23)31-27(33)32-18-11-16-25(22-32)28(29,17-9-10-19-34-2)24-14-7-4-8-15-24/h4,7-8,14-15,23,25-26,30H,3,5-6,9-13,16-22H2,1-2H3,(H,31,33)/t25-,26+,28-/m1/s1. The summed E-state index contributed by atoms with van der Waals surface area (Å²) >= 11 is 0. The van der Waals surface area contributed by atoms with Crippen LogP contribution in [0, 0.1) is 11.8 Å². The Kier molecular flexibility index (Phi) is 11.1. The number of methoxy groups -OCH3 is 1. The molecule has 2 aliphatic rings. The highest BCUT2D eigenvalue weighted by Gasteiger charge is 2.43. The Morgan fingerprint density at radius 1 is 1.15 bits per heavy atom. The van der Waals surface area contributed by atoms with Gasteiger partial charge >= 0.3 is 6.03 Å². The van der Waals surface area contributed by atoms with E-state index in [1.54, 1.807) is 7.11 Å². The summed E-state index contributed by atoms with van der Waals surface area (Å²) in [6, 6.07) is 9.67. The van der Waals surface area contributed by atoms with Gasteiger partial charge in [-0.15, -0.1) is 0 Å². The third-order valence-electron chi connectivity index (χ3n) is 7.87. The predicted octanol–water partition coefficient (Wildman–Crippen LogP) is 5.65. The van der Waals surface area contributed by atoms with E-state index >= 15 is 4.39 Å². The van der Waals surface area contributed by atoms with Crippen LogP contribution in [0.3, 0.4) is 0 Å². The molecule has 5 nitrogen and oxygen atoms in total. The summed E-state index contributed by atoms with van der Waals surface area (Å²) < 4.78 is 21.9. The Morgan fingerprint density at radius 3 is 2.62 bits per heavy atom. The van der Waals surface area contributed by atoms with Gasteiger partial charge in [0.15, 0.2) is 0 Å². The second-order valence-electron chi connectivity index (χ2n) is 10.4. The van der Waals surface area contributed by atoms with E-state index in [-0.39, 0.29) is 18.0 Å². The molecule has 192 valence electrons. The summed E-state index contributed by atoms with van der Waals surface area (Å²) in [5, 5.41) is 6.54. The van der Waals surface area contributed by atoms with E-state index in [2.05, 4.69) is 10.6 Å². The van der Waals surface area contributed by atoms with Gasteiger partial charge in [0.05, 0.1) is 0 Å². The van der Waals surface area contributed by atoms with E-state index in [1.165, 1.54) is 32.1 Å². The average Bonchev–Trinajstić information content (AvgIpc) is 2.88. The number of benzene rings is 1. The molecule has 3 atom stereocenters. The molecule has 6 heteroatoms. The Labute approximate surface area is 206 Å². The summed E-state index contributed by atoms with van der Waals surface area (Å²) in [4.78, 5) is 15.1. The summed E-state index contributed by atoms with van der Waals surface area (Å²) in [6.45, 7) is 2.60. The summed E-state index contributed by atoms with van der Waals surface area (Å²) in [5.74, 6) is 0.503. The van der Waals surface area contributed by atoms with Crippen LogP contribution in [-0.4, -0.2) is 57.4 Å². The quantitative estimate of drug-likeness (QED) is 0.384. The average molecular weight is 476 g/mol. The SMILES string of the molecule is CNC[C@H](CC1CCCCC1)NC(=O)N1CCC[C@@H]([C@@](F)(CCCCOC)c2ccccc2)C1. The highest BCUT2D eigenvalue weighted by molar-refractivity contribution is 5.74. The number of likely N-dealkylation sites (N-methyl/N-ethyl adjacent to an activating group) is 1. The minimum Gasteiger partial charge on any atom is -0.385 e. The van der Waals surface area contributed by atoms with Gasteiger partial charge in [0.1, 0.15) is 5.67 Å². The second kappa shape index (κ2) is 14.0. The Bertz CT molecular complexity index is 713. The van der Waals surface area contributed by atoms with Crippen molar-refractivity contribution in [1.82, 2.24) is 15.5 Å². The molecular formula is C28H46FN3O2. The molecule has 1 aliphatic heterocycles. The number of nitrogens with zero attached hydrogens (tertiary/aromatic N) is 1. The van der Waals surface area contributed by atoms with Crippen molar-refractivity contribution in [1.29, 1.82) is 0 Å². The van der Waals surface area contributed by atoms with Gasteiger partial charge in [-0.25, -0.2) is 9.18 Å². The van der Waals surface area contributed by atoms with Crippen LogP contribution in [0.25, 0.3) is 0 Å². The van der Waals surface area contributed by atoms with Crippen molar-refractivity contribution in [2.45, 2.75) is 82.3 Å². The van der Waals surface area contributed by atoms with E-state index < -0.39 is 5.67 Å². The predicted molar refractivity (Wildman–Crippen MR) is 137 cm³/mol. The maximum atomic E-state index is 16.8. The zero-order chi connectivity index (χ0) is 24.2. The lowest BCUT2D eigenvalue weighted by molar-refractivity contribution is 0.0208. The zero-order valence-electron chi connectivity index (χ0n) is 21.4. The van der Waals surface area contributed by atoms with Crippen LogP contribution in [0.5, 0.6) is 0 Å². The smallest absolute Gasteiger partial charge is 0.317 e. The van der Waals surface area contributed by atoms with Crippen molar-refractivity contribution in [3.8, 4) is 0 Å². The molecule has 2 fully saturated rings. The number of hydrogen-bond acceptors (Lipinski definition) is 3. The van der Waals surface area contributed by atoms with E-state index in [1.807, 2.05) is 42.3 Å². The van der Waals surface area contributed by atoms with Crippen LogP contribution >= 0.6 is 0 Å². The van der Waals surface area contributed by atoms with Crippen LogP contribution < -0.4 is 10.6 Å². The largest absolute Gasteiger partial charge is 0.385 e. The topological polar surface area (TPSA) is 53.6 Å². The first-order chi connectivity index (χ1) is 16.6. The first-order valence-electron chi connectivity index (χ1n) is 13.5.